The molecule has 0 aromatic heterocycles. The maximum atomic E-state index is 12.8. The molecule has 0 fully saturated rings. The molecule has 0 spiro atoms. The van der Waals surface area contributed by atoms with Gasteiger partial charge in [-0.25, -0.2) is 0 Å². The number of hydrogen-bond donors (Lipinski definition) is 0. The molecule has 0 aromatic rings. The molecule has 0 heterocycles. The minimum Gasteiger partial charge on any atom is -0.544 e. The highest BCUT2D eigenvalue weighted by Gasteiger charge is 2.25. The molecule has 0 amide bonds. The zero-order valence-electron chi connectivity index (χ0n) is 38.9. The van der Waals surface area contributed by atoms with Crippen molar-refractivity contribution in [3.8, 4) is 0 Å². The Morgan fingerprint density at radius 1 is 0.525 bits per heavy atom. The van der Waals surface area contributed by atoms with E-state index in [4.69, 9.17) is 14.2 Å². The third-order valence-corrected chi connectivity index (χ3v) is 10.7. The lowest BCUT2D eigenvalue weighted by Crippen LogP contribution is -2.55. The number of quaternary nitrogens is 1. The molecule has 2 atom stereocenters. The number of ether oxygens (including phenoxy) is 3. The van der Waals surface area contributed by atoms with E-state index in [0.717, 1.165) is 70.6 Å². The predicted octanol–water partition coefficient (Wildman–Crippen LogP) is 12.3. The minimum absolute atomic E-state index is 0.0317. The third kappa shape index (κ3) is 40.5. The number of rotatable bonds is 43. The van der Waals surface area contributed by atoms with Crippen molar-refractivity contribution in [1.29, 1.82) is 0 Å². The maximum Gasteiger partial charge on any atom is 0.306 e. The Labute approximate surface area is 363 Å². The summed E-state index contributed by atoms with van der Waals surface area (Å²) in [7, 11) is 5.40. The van der Waals surface area contributed by atoms with E-state index in [1.54, 1.807) is 21.1 Å². The number of hydrogen-bond acceptors (Lipinski definition) is 7. The SMILES string of the molecule is CC/C=C/C/C=C/C/C=C/C/C=C/CCCCCC(=O)OCC(COCCC(C(=O)[O-])[N+](C)(C)C)OC(=O)CCCCCCCCCCCCCCCCCCCCC. The fourth-order valence-electron chi connectivity index (χ4n) is 7.00. The summed E-state index contributed by atoms with van der Waals surface area (Å²) in [5.41, 5.74) is 0. The molecule has 0 saturated carbocycles. The Morgan fingerprint density at radius 3 is 1.41 bits per heavy atom. The molecule has 59 heavy (non-hydrogen) atoms. The first kappa shape index (κ1) is 56.3. The number of likely N-dealkylation sites (N-methyl/N-ethyl adjacent to an activating group) is 1. The molecule has 0 N–H and O–H groups in total. The average Bonchev–Trinajstić information content (AvgIpc) is 3.19. The van der Waals surface area contributed by atoms with Crippen LogP contribution in [0, 0.1) is 0 Å². The van der Waals surface area contributed by atoms with Crippen molar-refractivity contribution in [2.45, 2.75) is 219 Å². The van der Waals surface area contributed by atoms with E-state index in [1.807, 2.05) is 0 Å². The van der Waals surface area contributed by atoms with Crippen LogP contribution in [0.4, 0.5) is 0 Å². The summed E-state index contributed by atoms with van der Waals surface area (Å²) in [5, 5.41) is 11.6. The van der Waals surface area contributed by atoms with Crippen molar-refractivity contribution in [3.63, 3.8) is 0 Å². The van der Waals surface area contributed by atoms with E-state index in [9.17, 15) is 19.5 Å². The number of esters is 2. The molecule has 0 aromatic carbocycles. The van der Waals surface area contributed by atoms with Gasteiger partial charge >= 0.3 is 11.9 Å². The summed E-state index contributed by atoms with van der Waals surface area (Å²) < 4.78 is 17.2. The highest BCUT2D eigenvalue weighted by Crippen LogP contribution is 2.16. The molecule has 0 aliphatic heterocycles. The largest absolute Gasteiger partial charge is 0.544 e. The number of carbonyl (C=O) groups excluding carboxylic acids is 3. The minimum atomic E-state index is -1.13. The molecular formula is C51H91NO7. The molecule has 0 bridgehead atoms. The maximum absolute atomic E-state index is 12.8. The highest BCUT2D eigenvalue weighted by atomic mass is 16.6. The third-order valence-electron chi connectivity index (χ3n) is 10.7. The van der Waals surface area contributed by atoms with Crippen LogP contribution in [0.5, 0.6) is 0 Å². The van der Waals surface area contributed by atoms with Crippen LogP contribution in [-0.2, 0) is 28.6 Å². The Morgan fingerprint density at radius 2 is 0.949 bits per heavy atom. The van der Waals surface area contributed by atoms with Crippen LogP contribution in [0.25, 0.3) is 0 Å². The van der Waals surface area contributed by atoms with E-state index in [1.165, 1.54) is 103 Å². The lowest BCUT2D eigenvalue weighted by Gasteiger charge is -2.34. The Hall–Kier alpha value is -2.71. The highest BCUT2D eigenvalue weighted by molar-refractivity contribution is 5.70. The topological polar surface area (TPSA) is 102 Å². The van der Waals surface area contributed by atoms with Gasteiger partial charge in [0.05, 0.1) is 40.3 Å². The Bertz CT molecular complexity index is 1110. The van der Waals surface area contributed by atoms with Gasteiger partial charge in [-0.05, 0) is 51.4 Å². The molecule has 8 heteroatoms. The number of carbonyl (C=O) groups is 3. The van der Waals surface area contributed by atoms with Gasteiger partial charge < -0.3 is 28.6 Å². The lowest BCUT2D eigenvalue weighted by molar-refractivity contribution is -0.889. The van der Waals surface area contributed by atoms with Crippen LogP contribution in [0.1, 0.15) is 206 Å². The number of aliphatic carboxylic acids is 1. The van der Waals surface area contributed by atoms with Gasteiger partial charge in [0.25, 0.3) is 0 Å². The zero-order valence-corrected chi connectivity index (χ0v) is 38.9. The molecule has 0 rings (SSSR count). The second-order valence-electron chi connectivity index (χ2n) is 17.3. The van der Waals surface area contributed by atoms with E-state index in [-0.39, 0.29) is 42.7 Å². The first-order valence-electron chi connectivity index (χ1n) is 24.2. The number of carboxylic acid groups (broad SMARTS) is 1. The van der Waals surface area contributed by atoms with Crippen molar-refractivity contribution in [3.05, 3.63) is 48.6 Å². The number of nitrogens with zero attached hydrogens (tertiary/aromatic N) is 1. The van der Waals surface area contributed by atoms with Gasteiger partial charge in [0, 0.05) is 19.3 Å². The Balaban J connectivity index is 4.31. The summed E-state index contributed by atoms with van der Waals surface area (Å²) in [6.45, 7) is 4.53. The van der Waals surface area contributed by atoms with E-state index >= 15 is 0 Å². The second kappa shape index (κ2) is 42.0. The smallest absolute Gasteiger partial charge is 0.306 e. The number of unbranched alkanes of at least 4 members (excludes halogenated alkanes) is 21. The molecule has 0 radical (unpaired) electrons. The van der Waals surface area contributed by atoms with Crippen molar-refractivity contribution in [2.75, 3.05) is 41.0 Å². The summed E-state index contributed by atoms with van der Waals surface area (Å²) in [5.74, 6) is -1.77. The van der Waals surface area contributed by atoms with Gasteiger partial charge in [-0.1, -0.05) is 184 Å². The van der Waals surface area contributed by atoms with Crippen molar-refractivity contribution < 1.29 is 38.2 Å². The number of allylic oxidation sites excluding steroid dienone is 8. The molecule has 342 valence electrons. The van der Waals surface area contributed by atoms with Crippen LogP contribution in [0.3, 0.4) is 0 Å². The fourth-order valence-corrected chi connectivity index (χ4v) is 7.00. The summed E-state index contributed by atoms with van der Waals surface area (Å²) in [4.78, 5) is 36.9. The average molecular weight is 830 g/mol. The quantitative estimate of drug-likeness (QED) is 0.0261. The van der Waals surface area contributed by atoms with Crippen LogP contribution in [0.15, 0.2) is 48.6 Å². The van der Waals surface area contributed by atoms with E-state index < -0.39 is 18.1 Å². The standard InChI is InChI=1S/C51H91NO7/c1-6-8-10-12-14-16-18-20-22-24-25-26-28-30-32-34-36-38-40-42-50(54)59-47(45-57-44-43-48(51(55)56)52(3,4)5)46-58-49(53)41-39-37-35-33-31-29-27-23-21-19-17-15-13-11-9-7-2/h9,11,15,17,21,23,29,31,47-48H,6-8,10,12-14,16,18-20,22,24-28,30,32-46H2,1-5H3/b11-9+,17-15+,23-21+,31-29+. The first-order chi connectivity index (χ1) is 28.6. The van der Waals surface area contributed by atoms with E-state index in [2.05, 4.69) is 62.5 Å². The van der Waals surface area contributed by atoms with E-state index in [0.29, 0.717) is 12.8 Å². The lowest BCUT2D eigenvalue weighted by atomic mass is 10.0. The van der Waals surface area contributed by atoms with Gasteiger partial charge in [-0.3, -0.25) is 9.59 Å². The molecule has 2 unspecified atom stereocenters. The summed E-state index contributed by atoms with van der Waals surface area (Å²) in [6.07, 6.45) is 50.0. The van der Waals surface area contributed by atoms with Gasteiger partial charge in [0.15, 0.2) is 6.10 Å². The first-order valence-corrected chi connectivity index (χ1v) is 24.2. The van der Waals surface area contributed by atoms with Crippen LogP contribution in [0.2, 0.25) is 0 Å². The monoisotopic (exact) mass is 830 g/mol. The normalized spacial score (nSPS) is 13.3. The van der Waals surface area contributed by atoms with Gasteiger partial charge in [-0.2, -0.15) is 0 Å². The van der Waals surface area contributed by atoms with Crippen LogP contribution < -0.4 is 5.11 Å². The van der Waals surface area contributed by atoms with Gasteiger partial charge in [0.1, 0.15) is 12.6 Å². The molecule has 0 aliphatic carbocycles. The summed E-state index contributed by atoms with van der Waals surface area (Å²) in [6, 6.07) is -0.730. The fraction of sp³-hybridized carbons (Fsp3) is 0.784. The Kier molecular flexibility index (Phi) is 40.1. The number of carboxylic acids is 1. The predicted molar refractivity (Wildman–Crippen MR) is 245 cm³/mol. The van der Waals surface area contributed by atoms with Crippen molar-refractivity contribution in [2.24, 2.45) is 0 Å². The molecule has 0 aliphatic rings. The zero-order chi connectivity index (χ0) is 43.5. The molecular weight excluding hydrogens is 739 g/mol. The van der Waals surface area contributed by atoms with Crippen LogP contribution >= 0.6 is 0 Å². The van der Waals surface area contributed by atoms with Gasteiger partial charge in [0.2, 0.25) is 0 Å². The van der Waals surface area contributed by atoms with Crippen molar-refractivity contribution in [1.82, 2.24) is 0 Å². The van der Waals surface area contributed by atoms with Crippen LogP contribution in [-0.4, -0.2) is 75.5 Å². The van der Waals surface area contributed by atoms with Crippen molar-refractivity contribution >= 4 is 17.9 Å². The second-order valence-corrected chi connectivity index (χ2v) is 17.3. The molecule has 8 nitrogen and oxygen atoms in total. The summed E-state index contributed by atoms with van der Waals surface area (Å²) >= 11 is 0. The molecule has 0 saturated heterocycles. The van der Waals surface area contributed by atoms with Gasteiger partial charge in [-0.15, -0.1) is 0 Å².